The van der Waals surface area contributed by atoms with Gasteiger partial charge in [0.05, 0.1) is 57.5 Å². The minimum Gasteiger partial charge on any atom is -0.497 e. The van der Waals surface area contributed by atoms with Gasteiger partial charge < -0.3 is 54.9 Å². The number of hydrogen-bond donors (Lipinski definition) is 6. The van der Waals surface area contributed by atoms with Crippen LogP contribution in [0.1, 0.15) is 37.3 Å². The number of non-ortho nitro benzene ring substituents is 1. The molecular formula is C41H50N4O13Si. The molecule has 4 aliphatic heterocycles. The molecule has 1 spiro atoms. The SMILES string of the molecule is COc1ccc([Si](C)(C)[C@@H]2[C@@H](CC(=O)N3CCC[C@H]3CO)O[C@]3(C(=O)N(Cc4ccc(NC(=O)[C@H]5O[C@@H](O)[C@H](O)[C@@H](O)[C@@H]5O)cc4)c4ccc([N+](=O)[O-])cc43)[C@H]2C)cc1. The van der Waals surface area contributed by atoms with E-state index in [1.54, 1.807) is 36.3 Å². The van der Waals surface area contributed by atoms with E-state index in [0.717, 1.165) is 11.6 Å². The number of carbonyl (C=O) groups is 3. The minimum absolute atomic E-state index is 0.00987. The van der Waals surface area contributed by atoms with Crippen LogP contribution in [0.2, 0.25) is 18.6 Å². The molecule has 7 rings (SSSR count). The highest BCUT2D eigenvalue weighted by Crippen LogP contribution is 2.60. The zero-order valence-corrected chi connectivity index (χ0v) is 34.1. The smallest absolute Gasteiger partial charge is 0.269 e. The van der Waals surface area contributed by atoms with Crippen LogP contribution in [0.25, 0.3) is 0 Å². The maximum atomic E-state index is 15.2. The second kappa shape index (κ2) is 16.3. The molecule has 3 aromatic rings. The Labute approximate surface area is 341 Å². The van der Waals surface area contributed by atoms with Crippen LogP contribution >= 0.6 is 0 Å². The number of aliphatic hydroxyl groups is 5. The van der Waals surface area contributed by atoms with Gasteiger partial charge in [-0.15, -0.1) is 0 Å². The molecule has 3 fully saturated rings. The van der Waals surface area contributed by atoms with Crippen LogP contribution in [0.5, 0.6) is 5.75 Å². The predicted octanol–water partition coefficient (Wildman–Crippen LogP) is 1.48. The zero-order chi connectivity index (χ0) is 42.6. The fourth-order valence-electron chi connectivity index (χ4n) is 9.58. The number of benzene rings is 3. The Morgan fingerprint density at radius 1 is 1.02 bits per heavy atom. The Morgan fingerprint density at radius 2 is 1.71 bits per heavy atom. The molecule has 3 amide bonds. The van der Waals surface area contributed by atoms with Crippen molar-refractivity contribution in [1.29, 1.82) is 0 Å². The third-order valence-electron chi connectivity index (χ3n) is 12.7. The molecule has 0 bridgehead atoms. The van der Waals surface area contributed by atoms with Crippen molar-refractivity contribution in [2.75, 3.05) is 30.5 Å². The third-order valence-corrected chi connectivity index (χ3v) is 17.1. The Morgan fingerprint density at radius 3 is 2.36 bits per heavy atom. The number of fused-ring (bicyclic) bond motifs is 2. The second-order valence-corrected chi connectivity index (χ2v) is 21.1. The van der Waals surface area contributed by atoms with Crippen molar-refractivity contribution < 1.29 is 59.1 Å². The molecule has 0 aromatic heterocycles. The van der Waals surface area contributed by atoms with E-state index in [0.29, 0.717) is 35.5 Å². The van der Waals surface area contributed by atoms with E-state index < -0.39 is 73.1 Å². The van der Waals surface area contributed by atoms with Crippen molar-refractivity contribution >= 4 is 48.0 Å². The first kappa shape index (κ1) is 42.3. The van der Waals surface area contributed by atoms with Crippen LogP contribution < -0.4 is 20.1 Å². The van der Waals surface area contributed by atoms with Crippen LogP contribution in [0, 0.1) is 16.0 Å². The van der Waals surface area contributed by atoms with Crippen molar-refractivity contribution in [2.45, 2.75) is 99.8 Å². The molecule has 18 heteroatoms. The van der Waals surface area contributed by atoms with E-state index in [1.165, 1.54) is 23.1 Å². The summed E-state index contributed by atoms with van der Waals surface area (Å²) >= 11 is 0. The lowest BCUT2D eigenvalue weighted by molar-refractivity contribution is -0.385. The molecule has 17 nitrogen and oxygen atoms in total. The summed E-state index contributed by atoms with van der Waals surface area (Å²) in [5, 5.41) is 65.8. The summed E-state index contributed by atoms with van der Waals surface area (Å²) < 4.78 is 17.5. The van der Waals surface area contributed by atoms with Gasteiger partial charge >= 0.3 is 0 Å². The van der Waals surface area contributed by atoms with Crippen LogP contribution in [0.4, 0.5) is 17.1 Å². The molecule has 6 N–H and O–H groups in total. The summed E-state index contributed by atoms with van der Waals surface area (Å²) in [4.78, 5) is 57.1. The average molecular weight is 835 g/mol. The zero-order valence-electron chi connectivity index (χ0n) is 33.1. The van der Waals surface area contributed by atoms with E-state index in [9.17, 15) is 45.2 Å². The summed E-state index contributed by atoms with van der Waals surface area (Å²) in [6, 6.07) is 18.1. The van der Waals surface area contributed by atoms with Gasteiger partial charge in [-0.25, -0.2) is 0 Å². The third kappa shape index (κ3) is 7.41. The van der Waals surface area contributed by atoms with Gasteiger partial charge in [0, 0.05) is 35.8 Å². The van der Waals surface area contributed by atoms with Crippen molar-refractivity contribution in [1.82, 2.24) is 4.90 Å². The maximum Gasteiger partial charge on any atom is 0.269 e. The summed E-state index contributed by atoms with van der Waals surface area (Å²) in [7, 11) is -1.08. The number of nitrogens with zero attached hydrogens (tertiary/aromatic N) is 3. The first-order valence-corrected chi connectivity index (χ1v) is 22.7. The van der Waals surface area contributed by atoms with Crippen molar-refractivity contribution in [3.63, 3.8) is 0 Å². The summed E-state index contributed by atoms with van der Waals surface area (Å²) in [6.07, 6.45) is -8.37. The molecule has 4 heterocycles. The number of amides is 3. The molecule has 0 aliphatic carbocycles. The van der Waals surface area contributed by atoms with Crippen molar-refractivity contribution in [3.8, 4) is 5.75 Å². The lowest BCUT2D eigenvalue weighted by Gasteiger charge is -2.37. The molecule has 0 unspecified atom stereocenters. The highest BCUT2D eigenvalue weighted by atomic mass is 28.3. The van der Waals surface area contributed by atoms with Gasteiger partial charge in [0.15, 0.2) is 18.0 Å². The molecule has 316 valence electrons. The second-order valence-electron chi connectivity index (χ2n) is 16.4. The van der Waals surface area contributed by atoms with E-state index >= 15 is 4.79 Å². The van der Waals surface area contributed by atoms with Crippen LogP contribution in [-0.2, 0) is 36.0 Å². The average Bonchev–Trinajstić information content (AvgIpc) is 3.89. The van der Waals surface area contributed by atoms with E-state index in [1.807, 2.05) is 31.2 Å². The van der Waals surface area contributed by atoms with Crippen LogP contribution in [0.15, 0.2) is 66.7 Å². The largest absolute Gasteiger partial charge is 0.497 e. The fourth-order valence-corrected chi connectivity index (χ4v) is 13.6. The monoisotopic (exact) mass is 834 g/mol. The predicted molar refractivity (Wildman–Crippen MR) is 214 cm³/mol. The van der Waals surface area contributed by atoms with Gasteiger partial charge in [0.25, 0.3) is 17.5 Å². The normalized spacial score (nSPS) is 30.5. The maximum absolute atomic E-state index is 15.2. The highest BCUT2D eigenvalue weighted by Gasteiger charge is 2.67. The first-order chi connectivity index (χ1) is 28.0. The molecule has 0 radical (unpaired) electrons. The summed E-state index contributed by atoms with van der Waals surface area (Å²) in [5.74, 6) is -1.38. The van der Waals surface area contributed by atoms with Gasteiger partial charge in [-0.2, -0.15) is 0 Å². The van der Waals surface area contributed by atoms with Gasteiger partial charge in [-0.1, -0.05) is 49.5 Å². The number of anilines is 2. The molecule has 0 saturated carbocycles. The lowest BCUT2D eigenvalue weighted by Crippen LogP contribution is -2.60. The first-order valence-electron chi connectivity index (χ1n) is 19.6. The van der Waals surface area contributed by atoms with Gasteiger partial charge in [0.2, 0.25) is 5.91 Å². The topological polar surface area (TPSA) is 242 Å². The molecule has 3 saturated heterocycles. The number of carbonyl (C=O) groups excluding carboxylic acids is 3. The molecule has 59 heavy (non-hydrogen) atoms. The molecule has 3 aromatic carbocycles. The van der Waals surface area contributed by atoms with Gasteiger partial charge in [-0.05, 0) is 54.3 Å². The number of hydrogen-bond acceptors (Lipinski definition) is 13. The van der Waals surface area contributed by atoms with E-state index in [2.05, 4.69) is 18.4 Å². The van der Waals surface area contributed by atoms with Gasteiger partial charge in [0.1, 0.15) is 24.1 Å². The Balaban J connectivity index is 1.22. The number of nitro groups is 1. The van der Waals surface area contributed by atoms with Crippen LogP contribution in [0.3, 0.4) is 0 Å². The quantitative estimate of drug-likeness (QED) is 0.0913. The minimum atomic E-state index is -2.67. The summed E-state index contributed by atoms with van der Waals surface area (Å²) in [5.41, 5.74) is -0.602. The number of nitro benzene ring substituents is 1. The number of aliphatic hydroxyl groups excluding tert-OH is 5. The lowest BCUT2D eigenvalue weighted by atomic mass is 9.82. The standard InChI is InChI=1S/C41H50N4O13Si/c1-22-37(59(3,4)28-14-12-27(56-2)13-15-28)31(19-32(47)43-17-5-6-26(43)21-46)58-41(22)29-18-25(45(54)55)11-16-30(29)44(40(41)53)20-23-7-9-24(10-8-23)42-38(51)36-34(49)33(48)35(50)39(52)57-36/h7-16,18,22,26,31,33-37,39,46,48-50,52H,5-6,17,19-21H2,1-4H3,(H,42,51)/t22-,26-,31+,33-,34-,35+,36-,37-,39+,41+/m0/s1. The number of methoxy groups -OCH3 is 1. The van der Waals surface area contributed by atoms with Crippen molar-refractivity contribution in [2.24, 2.45) is 5.92 Å². The Bertz CT molecular complexity index is 2090. The Kier molecular flexibility index (Phi) is 11.7. The van der Waals surface area contributed by atoms with Crippen molar-refractivity contribution in [3.05, 3.63) is 88.0 Å². The number of likely N-dealkylation sites (tertiary alicyclic amines) is 1. The van der Waals surface area contributed by atoms with E-state index in [-0.39, 0.29) is 48.4 Å². The molecule has 10 atom stereocenters. The van der Waals surface area contributed by atoms with Gasteiger partial charge in [-0.3, -0.25) is 24.5 Å². The van der Waals surface area contributed by atoms with E-state index in [4.69, 9.17) is 14.2 Å². The highest BCUT2D eigenvalue weighted by molar-refractivity contribution is 6.91. The fraction of sp³-hybridized carbons (Fsp3) is 0.488. The number of nitrogens with one attached hydrogen (secondary N) is 1. The summed E-state index contributed by atoms with van der Waals surface area (Å²) in [6.45, 7) is 6.61. The number of rotatable bonds is 11. The Hall–Kier alpha value is -4.79. The molecular weight excluding hydrogens is 785 g/mol. The number of ether oxygens (including phenoxy) is 3. The van der Waals surface area contributed by atoms with Crippen LogP contribution in [-0.4, -0.2) is 124 Å². The molecule has 4 aliphatic rings.